The van der Waals surface area contributed by atoms with Gasteiger partial charge in [0.25, 0.3) is 0 Å². The summed E-state index contributed by atoms with van der Waals surface area (Å²) in [5.74, 6) is 1.27. The number of phenols is 1. The van der Waals surface area contributed by atoms with Crippen LogP contribution in [0.1, 0.15) is 63.9 Å². The predicted octanol–water partition coefficient (Wildman–Crippen LogP) is 6.77. The maximum atomic E-state index is 11.3. The van der Waals surface area contributed by atoms with E-state index in [0.29, 0.717) is 30.1 Å². The van der Waals surface area contributed by atoms with Gasteiger partial charge in [0, 0.05) is 23.4 Å². The van der Waals surface area contributed by atoms with E-state index in [0.717, 1.165) is 37.1 Å². The Kier molecular flexibility index (Phi) is 12.3. The Labute approximate surface area is 203 Å². The van der Waals surface area contributed by atoms with Crippen molar-refractivity contribution in [3.63, 3.8) is 0 Å². The molecule has 0 amide bonds. The Morgan fingerprint density at radius 1 is 0.912 bits per heavy atom. The summed E-state index contributed by atoms with van der Waals surface area (Å²) >= 11 is 0. The minimum Gasteiger partial charge on any atom is -0.507 e. The van der Waals surface area contributed by atoms with Crippen molar-refractivity contribution in [2.75, 3.05) is 20.3 Å². The van der Waals surface area contributed by atoms with Gasteiger partial charge in [0.2, 0.25) is 0 Å². The number of hydrogen-bond donors (Lipinski definition) is 1. The molecule has 0 aliphatic carbocycles. The number of aliphatic imine (C=N–C) groups is 1. The Balaban J connectivity index is 1.52. The molecule has 1 N–H and O–H groups in total. The lowest BCUT2D eigenvalue weighted by molar-refractivity contribution is -0.139. The first-order valence-electron chi connectivity index (χ1n) is 12.0. The third-order valence-corrected chi connectivity index (χ3v) is 5.32. The summed E-state index contributed by atoms with van der Waals surface area (Å²) in [6.45, 7) is 6.43. The second-order valence-corrected chi connectivity index (χ2v) is 8.27. The van der Waals surface area contributed by atoms with Crippen LogP contribution in [0.25, 0.3) is 0 Å². The lowest BCUT2D eigenvalue weighted by Gasteiger charge is -2.07. The molecule has 0 radical (unpaired) electrons. The first-order chi connectivity index (χ1) is 16.5. The lowest BCUT2D eigenvalue weighted by atomic mass is 10.1. The van der Waals surface area contributed by atoms with E-state index in [4.69, 9.17) is 14.2 Å². The molecule has 0 heterocycles. The number of rotatable bonds is 16. The monoisotopic (exact) mass is 467 g/mol. The molecule has 6 nitrogen and oxygen atoms in total. The van der Waals surface area contributed by atoms with Gasteiger partial charge in [-0.25, -0.2) is 4.79 Å². The van der Waals surface area contributed by atoms with E-state index in [2.05, 4.69) is 11.6 Å². The van der Waals surface area contributed by atoms with Gasteiger partial charge in [-0.1, -0.05) is 45.1 Å². The SMILES string of the molecule is C=C(C)C(=O)OCCCCCCCCCCOc1ccc(N=Cc2ccc(OC)cc2O)cc1. The van der Waals surface area contributed by atoms with Crippen LogP contribution in [0.15, 0.2) is 59.6 Å². The van der Waals surface area contributed by atoms with Crippen molar-refractivity contribution < 1.29 is 24.1 Å². The Bertz CT molecular complexity index is 921. The Morgan fingerprint density at radius 2 is 1.50 bits per heavy atom. The summed E-state index contributed by atoms with van der Waals surface area (Å²) in [6, 6.07) is 12.7. The van der Waals surface area contributed by atoms with Crippen molar-refractivity contribution in [3.8, 4) is 17.2 Å². The van der Waals surface area contributed by atoms with Crippen molar-refractivity contribution in [1.29, 1.82) is 0 Å². The van der Waals surface area contributed by atoms with E-state index in [-0.39, 0.29) is 11.7 Å². The van der Waals surface area contributed by atoms with Crippen LogP contribution in [0.4, 0.5) is 5.69 Å². The Hall–Kier alpha value is -3.28. The van der Waals surface area contributed by atoms with E-state index in [9.17, 15) is 9.90 Å². The molecule has 0 aliphatic rings. The first kappa shape index (κ1) is 27.0. The number of carbonyl (C=O) groups is 1. The summed E-state index contributed by atoms with van der Waals surface area (Å²) < 4.78 is 16.0. The smallest absolute Gasteiger partial charge is 0.333 e. The molecule has 0 fully saturated rings. The van der Waals surface area contributed by atoms with E-state index >= 15 is 0 Å². The molecular formula is C28H37NO5. The molecular weight excluding hydrogens is 430 g/mol. The maximum Gasteiger partial charge on any atom is 0.333 e. The van der Waals surface area contributed by atoms with Gasteiger partial charge in [-0.3, -0.25) is 4.99 Å². The number of phenolic OH excluding ortho intramolecular Hbond substituents is 1. The average Bonchev–Trinajstić information content (AvgIpc) is 2.84. The third kappa shape index (κ3) is 10.6. The van der Waals surface area contributed by atoms with Gasteiger partial charge in [-0.2, -0.15) is 0 Å². The fraction of sp³-hybridized carbons (Fsp3) is 0.429. The van der Waals surface area contributed by atoms with E-state index in [1.54, 1.807) is 38.4 Å². The molecule has 0 aromatic heterocycles. The highest BCUT2D eigenvalue weighted by Crippen LogP contribution is 2.23. The predicted molar refractivity (Wildman–Crippen MR) is 137 cm³/mol. The number of carbonyl (C=O) groups excluding carboxylic acids is 1. The van der Waals surface area contributed by atoms with Crippen LogP contribution < -0.4 is 9.47 Å². The number of benzene rings is 2. The fourth-order valence-electron chi connectivity index (χ4n) is 3.28. The van der Waals surface area contributed by atoms with Crippen molar-refractivity contribution in [3.05, 3.63) is 60.2 Å². The summed E-state index contributed by atoms with van der Waals surface area (Å²) in [4.78, 5) is 15.7. The van der Waals surface area contributed by atoms with Gasteiger partial charge in [0.05, 0.1) is 26.0 Å². The summed E-state index contributed by atoms with van der Waals surface area (Å²) in [7, 11) is 1.56. The van der Waals surface area contributed by atoms with Gasteiger partial charge in [-0.05, 0) is 56.2 Å². The largest absolute Gasteiger partial charge is 0.507 e. The van der Waals surface area contributed by atoms with E-state index < -0.39 is 0 Å². The number of hydrogen-bond acceptors (Lipinski definition) is 6. The highest BCUT2D eigenvalue weighted by molar-refractivity contribution is 5.87. The standard InChI is InChI=1S/C28H37NO5/c1-22(2)28(31)34-19-11-9-7-5-4-6-8-10-18-33-25-16-13-24(14-17-25)29-21-23-12-15-26(32-3)20-27(23)30/h12-17,20-21,30H,1,4-11,18-19H2,2-3H3. The zero-order valence-corrected chi connectivity index (χ0v) is 20.4. The minimum absolute atomic E-state index is 0.129. The molecule has 0 saturated heterocycles. The van der Waals surface area contributed by atoms with Crippen molar-refractivity contribution >= 4 is 17.9 Å². The highest BCUT2D eigenvalue weighted by Gasteiger charge is 2.02. The number of aromatic hydroxyl groups is 1. The van der Waals surface area contributed by atoms with Crippen molar-refractivity contribution in [1.82, 2.24) is 0 Å². The normalized spacial score (nSPS) is 10.9. The van der Waals surface area contributed by atoms with Crippen LogP contribution in [0.5, 0.6) is 17.2 Å². The van der Waals surface area contributed by atoms with Gasteiger partial charge >= 0.3 is 5.97 Å². The third-order valence-electron chi connectivity index (χ3n) is 5.32. The summed E-state index contributed by atoms with van der Waals surface area (Å²) in [5, 5.41) is 10.0. The van der Waals surface area contributed by atoms with Gasteiger partial charge in [0.15, 0.2) is 0 Å². The Morgan fingerprint density at radius 3 is 2.09 bits per heavy atom. The second kappa shape index (κ2) is 15.5. The van der Waals surface area contributed by atoms with Crippen LogP contribution in [0, 0.1) is 0 Å². The summed E-state index contributed by atoms with van der Waals surface area (Å²) in [5.41, 5.74) is 1.87. The van der Waals surface area contributed by atoms with Crippen LogP contribution in [0.2, 0.25) is 0 Å². The van der Waals surface area contributed by atoms with Crippen LogP contribution in [-0.2, 0) is 9.53 Å². The number of esters is 1. The minimum atomic E-state index is -0.294. The average molecular weight is 468 g/mol. The zero-order valence-electron chi connectivity index (χ0n) is 20.4. The lowest BCUT2D eigenvalue weighted by Crippen LogP contribution is -2.05. The fourth-order valence-corrected chi connectivity index (χ4v) is 3.28. The molecule has 2 aromatic rings. The van der Waals surface area contributed by atoms with E-state index in [1.165, 1.54) is 25.7 Å². The van der Waals surface area contributed by atoms with Crippen molar-refractivity contribution in [2.45, 2.75) is 58.3 Å². The molecule has 0 saturated carbocycles. The van der Waals surface area contributed by atoms with Gasteiger partial charge < -0.3 is 19.3 Å². The number of nitrogens with zero attached hydrogens (tertiary/aromatic N) is 1. The van der Waals surface area contributed by atoms with Crippen LogP contribution in [0.3, 0.4) is 0 Å². The molecule has 2 rings (SSSR count). The second-order valence-electron chi connectivity index (χ2n) is 8.27. The van der Waals surface area contributed by atoms with Gasteiger partial charge in [0.1, 0.15) is 17.2 Å². The quantitative estimate of drug-likeness (QED) is 0.128. The number of methoxy groups -OCH3 is 1. The topological polar surface area (TPSA) is 77.4 Å². The molecule has 2 aromatic carbocycles. The molecule has 34 heavy (non-hydrogen) atoms. The molecule has 0 unspecified atom stereocenters. The summed E-state index contributed by atoms with van der Waals surface area (Å²) in [6.07, 6.45) is 10.6. The molecule has 0 aliphatic heterocycles. The first-order valence-corrected chi connectivity index (χ1v) is 12.0. The zero-order chi connectivity index (χ0) is 24.6. The molecule has 0 atom stereocenters. The molecule has 6 heteroatoms. The molecule has 0 bridgehead atoms. The number of unbranched alkanes of at least 4 members (excludes halogenated alkanes) is 7. The van der Waals surface area contributed by atoms with Crippen LogP contribution >= 0.6 is 0 Å². The van der Waals surface area contributed by atoms with Crippen molar-refractivity contribution in [2.24, 2.45) is 4.99 Å². The molecule has 184 valence electrons. The van der Waals surface area contributed by atoms with Crippen LogP contribution in [-0.4, -0.2) is 37.6 Å². The number of ether oxygens (including phenoxy) is 3. The molecule has 0 spiro atoms. The van der Waals surface area contributed by atoms with Gasteiger partial charge in [-0.15, -0.1) is 0 Å². The maximum absolute atomic E-state index is 11.3. The highest BCUT2D eigenvalue weighted by atomic mass is 16.5. The van der Waals surface area contributed by atoms with E-state index in [1.807, 2.05) is 24.3 Å².